The zero-order valence-corrected chi connectivity index (χ0v) is 14.3. The molecule has 25 heavy (non-hydrogen) atoms. The Morgan fingerprint density at radius 2 is 1.92 bits per heavy atom. The van der Waals surface area contributed by atoms with Crippen LogP contribution >= 0.6 is 0 Å². The second-order valence-corrected chi connectivity index (χ2v) is 7.03. The number of fused-ring (bicyclic) bond motifs is 4. The molecule has 0 aromatic carbocycles. The van der Waals surface area contributed by atoms with Gasteiger partial charge in [0.1, 0.15) is 5.82 Å². The molecule has 3 aromatic heterocycles. The molecule has 3 aromatic rings. The molecule has 1 N–H and O–H groups in total. The lowest BCUT2D eigenvalue weighted by molar-refractivity contribution is 0.0974. The van der Waals surface area contributed by atoms with Gasteiger partial charge in [0.2, 0.25) is 0 Å². The standard InChI is InChI=1S/C18H21N7/c1-24-18-14(10-20-24)17(21-15-11-25-8-4-12(15)5-9-25)22-16(23-18)13-2-6-19-7-3-13/h2-3,6-7,10,12,15H,4-5,8-9,11H2,1H3,(H,21,22,23)/t15-/m0/s1. The van der Waals surface area contributed by atoms with Crippen LogP contribution in [0.1, 0.15) is 12.8 Å². The number of piperidine rings is 3. The number of pyridine rings is 1. The van der Waals surface area contributed by atoms with Crippen LogP contribution in [0.25, 0.3) is 22.4 Å². The third-order valence-corrected chi connectivity index (χ3v) is 5.51. The van der Waals surface area contributed by atoms with Gasteiger partial charge in [-0.1, -0.05) is 0 Å². The Hall–Kier alpha value is -2.54. The maximum absolute atomic E-state index is 4.84. The average molecular weight is 335 g/mol. The molecule has 0 spiro atoms. The Labute approximate surface area is 146 Å². The van der Waals surface area contributed by atoms with E-state index >= 15 is 0 Å². The van der Waals surface area contributed by atoms with Crippen molar-refractivity contribution < 1.29 is 0 Å². The van der Waals surface area contributed by atoms with E-state index in [0.29, 0.717) is 11.9 Å². The molecule has 7 nitrogen and oxygen atoms in total. The van der Waals surface area contributed by atoms with Crippen molar-refractivity contribution in [3.8, 4) is 11.4 Å². The van der Waals surface area contributed by atoms with Gasteiger partial charge in [0, 0.05) is 37.6 Å². The van der Waals surface area contributed by atoms with E-state index in [4.69, 9.17) is 9.97 Å². The van der Waals surface area contributed by atoms with E-state index < -0.39 is 0 Å². The summed E-state index contributed by atoms with van der Waals surface area (Å²) in [6, 6.07) is 4.33. The number of nitrogens with one attached hydrogen (secondary N) is 1. The Kier molecular flexibility index (Phi) is 3.41. The van der Waals surface area contributed by atoms with Gasteiger partial charge in [0.15, 0.2) is 11.5 Å². The van der Waals surface area contributed by atoms with Crippen LogP contribution in [0.2, 0.25) is 0 Å². The van der Waals surface area contributed by atoms with E-state index in [9.17, 15) is 0 Å². The van der Waals surface area contributed by atoms with Crippen molar-refractivity contribution in [3.63, 3.8) is 0 Å². The molecule has 0 amide bonds. The molecular formula is C18H21N7. The molecule has 0 radical (unpaired) electrons. The highest BCUT2D eigenvalue weighted by Crippen LogP contribution is 2.31. The van der Waals surface area contributed by atoms with Gasteiger partial charge in [-0.15, -0.1) is 0 Å². The second-order valence-electron chi connectivity index (χ2n) is 7.03. The summed E-state index contributed by atoms with van der Waals surface area (Å²) in [5.41, 5.74) is 1.82. The first-order chi connectivity index (χ1) is 12.3. The maximum atomic E-state index is 4.84. The summed E-state index contributed by atoms with van der Waals surface area (Å²) in [7, 11) is 1.92. The summed E-state index contributed by atoms with van der Waals surface area (Å²) in [5.74, 6) is 2.34. The van der Waals surface area contributed by atoms with Crippen molar-refractivity contribution in [2.75, 3.05) is 25.0 Å². The number of nitrogens with zero attached hydrogens (tertiary/aromatic N) is 6. The van der Waals surface area contributed by atoms with E-state index in [1.165, 1.54) is 25.9 Å². The predicted molar refractivity (Wildman–Crippen MR) is 96.1 cm³/mol. The fraction of sp³-hybridized carbons (Fsp3) is 0.444. The van der Waals surface area contributed by atoms with Crippen LogP contribution in [0, 0.1) is 5.92 Å². The minimum Gasteiger partial charge on any atom is -0.365 e. The summed E-state index contributed by atoms with van der Waals surface area (Å²) in [6.07, 6.45) is 7.95. The van der Waals surface area contributed by atoms with Gasteiger partial charge in [0.25, 0.3) is 0 Å². The first-order valence-corrected chi connectivity index (χ1v) is 8.87. The molecule has 1 atom stereocenters. The smallest absolute Gasteiger partial charge is 0.164 e. The van der Waals surface area contributed by atoms with Gasteiger partial charge in [0.05, 0.1) is 11.6 Å². The summed E-state index contributed by atoms with van der Waals surface area (Å²) in [4.78, 5) is 16.2. The number of hydrogen-bond donors (Lipinski definition) is 1. The van der Waals surface area contributed by atoms with Crippen molar-refractivity contribution in [1.82, 2.24) is 29.6 Å². The summed E-state index contributed by atoms with van der Waals surface area (Å²) < 4.78 is 1.81. The summed E-state index contributed by atoms with van der Waals surface area (Å²) in [5, 5.41) is 9.08. The molecular weight excluding hydrogens is 314 g/mol. The summed E-state index contributed by atoms with van der Waals surface area (Å²) in [6.45, 7) is 3.56. The molecule has 3 aliphatic rings. The van der Waals surface area contributed by atoms with Crippen LogP contribution in [0.5, 0.6) is 0 Å². The molecule has 3 fully saturated rings. The molecule has 2 bridgehead atoms. The Morgan fingerprint density at radius 1 is 1.12 bits per heavy atom. The molecule has 3 saturated heterocycles. The SMILES string of the molecule is Cn1ncc2c(N[C@H]3CN4CCC3CC4)nc(-c3ccncc3)nc21. The third kappa shape index (κ3) is 2.55. The first kappa shape index (κ1) is 14.8. The minimum absolute atomic E-state index is 0.450. The number of rotatable bonds is 3. The number of anilines is 1. The van der Waals surface area contributed by atoms with Gasteiger partial charge in [-0.2, -0.15) is 5.10 Å². The minimum atomic E-state index is 0.450. The molecule has 3 aliphatic heterocycles. The van der Waals surface area contributed by atoms with Crippen molar-refractivity contribution >= 4 is 16.9 Å². The lowest BCUT2D eigenvalue weighted by Gasteiger charge is -2.45. The van der Waals surface area contributed by atoms with Crippen molar-refractivity contribution in [3.05, 3.63) is 30.7 Å². The highest BCUT2D eigenvalue weighted by atomic mass is 15.3. The quantitative estimate of drug-likeness (QED) is 0.788. The average Bonchev–Trinajstić information content (AvgIpc) is 3.05. The Bertz CT molecular complexity index is 896. The predicted octanol–water partition coefficient (Wildman–Crippen LogP) is 1.93. The zero-order chi connectivity index (χ0) is 16.8. The second kappa shape index (κ2) is 5.77. The lowest BCUT2D eigenvalue weighted by Crippen LogP contribution is -2.53. The van der Waals surface area contributed by atoms with Gasteiger partial charge < -0.3 is 10.2 Å². The van der Waals surface area contributed by atoms with Gasteiger partial charge in [-0.3, -0.25) is 9.67 Å². The van der Waals surface area contributed by atoms with E-state index in [2.05, 4.69) is 20.3 Å². The topological polar surface area (TPSA) is 71.8 Å². The third-order valence-electron chi connectivity index (χ3n) is 5.51. The highest BCUT2D eigenvalue weighted by Gasteiger charge is 2.34. The monoisotopic (exact) mass is 335 g/mol. The van der Waals surface area contributed by atoms with E-state index in [-0.39, 0.29) is 0 Å². The molecule has 0 unspecified atom stereocenters. The van der Waals surface area contributed by atoms with Gasteiger partial charge in [-0.05, 0) is 44.0 Å². The van der Waals surface area contributed by atoms with E-state index in [1.807, 2.05) is 30.1 Å². The Balaban J connectivity index is 1.57. The van der Waals surface area contributed by atoms with Crippen LogP contribution in [0.15, 0.2) is 30.7 Å². The molecule has 128 valence electrons. The number of hydrogen-bond acceptors (Lipinski definition) is 6. The Morgan fingerprint density at radius 3 is 2.64 bits per heavy atom. The number of aryl methyl sites for hydroxylation is 1. The molecule has 7 heteroatoms. The number of aromatic nitrogens is 5. The van der Waals surface area contributed by atoms with Crippen LogP contribution in [-0.2, 0) is 7.05 Å². The van der Waals surface area contributed by atoms with Crippen LogP contribution in [0.4, 0.5) is 5.82 Å². The van der Waals surface area contributed by atoms with Crippen LogP contribution in [0.3, 0.4) is 0 Å². The largest absolute Gasteiger partial charge is 0.365 e. The summed E-state index contributed by atoms with van der Waals surface area (Å²) >= 11 is 0. The first-order valence-electron chi connectivity index (χ1n) is 8.87. The van der Waals surface area contributed by atoms with Crippen molar-refractivity contribution in [2.24, 2.45) is 13.0 Å². The van der Waals surface area contributed by atoms with E-state index in [1.54, 1.807) is 12.4 Å². The lowest BCUT2D eigenvalue weighted by atomic mass is 9.84. The van der Waals surface area contributed by atoms with Crippen LogP contribution in [-0.4, -0.2) is 55.3 Å². The van der Waals surface area contributed by atoms with Gasteiger partial charge in [-0.25, -0.2) is 9.97 Å². The van der Waals surface area contributed by atoms with Gasteiger partial charge >= 0.3 is 0 Å². The molecule has 0 saturated carbocycles. The highest BCUT2D eigenvalue weighted by molar-refractivity contribution is 5.88. The zero-order valence-electron chi connectivity index (χ0n) is 14.3. The van der Waals surface area contributed by atoms with Crippen molar-refractivity contribution in [1.29, 1.82) is 0 Å². The molecule has 0 aliphatic carbocycles. The normalized spacial score (nSPS) is 25.4. The fourth-order valence-electron chi connectivity index (χ4n) is 4.07. The van der Waals surface area contributed by atoms with Crippen molar-refractivity contribution in [2.45, 2.75) is 18.9 Å². The maximum Gasteiger partial charge on any atom is 0.164 e. The van der Waals surface area contributed by atoms with Crippen LogP contribution < -0.4 is 5.32 Å². The van der Waals surface area contributed by atoms with E-state index in [0.717, 1.165) is 34.9 Å². The molecule has 6 heterocycles. The molecule has 6 rings (SSSR count). The fourth-order valence-corrected chi connectivity index (χ4v) is 4.07.